The second-order valence-electron chi connectivity index (χ2n) is 3.85. The predicted octanol–water partition coefficient (Wildman–Crippen LogP) is 1.98. The summed E-state index contributed by atoms with van der Waals surface area (Å²) in [5.41, 5.74) is 1.14. The van der Waals surface area contributed by atoms with Crippen LogP contribution in [0.15, 0.2) is 5.38 Å². The Balaban J connectivity index is 1.84. The molecular formula is C12H22N2O2S. The molecule has 1 aromatic heterocycles. The first-order chi connectivity index (χ1) is 8.33. The van der Waals surface area contributed by atoms with E-state index in [9.17, 15) is 0 Å². The number of hydrogen-bond donors (Lipinski definition) is 1. The van der Waals surface area contributed by atoms with Crippen LogP contribution < -0.4 is 5.32 Å². The second-order valence-corrected chi connectivity index (χ2v) is 4.91. The van der Waals surface area contributed by atoms with Gasteiger partial charge in [-0.3, -0.25) is 0 Å². The molecule has 0 aliphatic heterocycles. The number of nitrogens with one attached hydrogen (secondary N) is 1. The first-order valence-electron chi connectivity index (χ1n) is 6.01. The highest BCUT2D eigenvalue weighted by Crippen LogP contribution is 2.07. The van der Waals surface area contributed by atoms with E-state index >= 15 is 0 Å². The fourth-order valence-corrected chi connectivity index (χ4v) is 2.02. The van der Waals surface area contributed by atoms with Crippen LogP contribution in [0.25, 0.3) is 0 Å². The van der Waals surface area contributed by atoms with Crippen LogP contribution in [0, 0.1) is 6.92 Å². The molecule has 0 amide bonds. The minimum absolute atomic E-state index is 0.682. The van der Waals surface area contributed by atoms with E-state index in [0.717, 1.165) is 43.2 Å². The lowest BCUT2D eigenvalue weighted by Crippen LogP contribution is -2.15. The molecule has 98 valence electrons. The molecule has 0 saturated carbocycles. The molecule has 0 aliphatic rings. The molecule has 0 aromatic carbocycles. The van der Waals surface area contributed by atoms with Crippen molar-refractivity contribution >= 4 is 11.3 Å². The lowest BCUT2D eigenvalue weighted by molar-refractivity contribution is 0.0688. The summed E-state index contributed by atoms with van der Waals surface area (Å²) in [6, 6.07) is 0. The van der Waals surface area contributed by atoms with E-state index in [-0.39, 0.29) is 0 Å². The zero-order chi connectivity index (χ0) is 12.3. The first-order valence-corrected chi connectivity index (χ1v) is 6.89. The number of methoxy groups -OCH3 is 1. The number of thiazole rings is 1. The number of nitrogens with zero attached hydrogens (tertiary/aromatic N) is 1. The van der Waals surface area contributed by atoms with Gasteiger partial charge in [0, 0.05) is 25.6 Å². The summed E-state index contributed by atoms with van der Waals surface area (Å²) in [6.07, 6.45) is 2.23. The maximum Gasteiger partial charge on any atom is 0.0897 e. The summed E-state index contributed by atoms with van der Waals surface area (Å²) in [6.45, 7) is 6.12. The Morgan fingerprint density at radius 3 is 2.88 bits per heavy atom. The lowest BCUT2D eigenvalue weighted by Gasteiger charge is -2.04. The molecule has 1 aromatic rings. The van der Waals surface area contributed by atoms with Crippen LogP contribution in [-0.4, -0.2) is 38.5 Å². The molecule has 17 heavy (non-hydrogen) atoms. The molecule has 0 bridgehead atoms. The Morgan fingerprint density at radius 2 is 2.18 bits per heavy atom. The smallest absolute Gasteiger partial charge is 0.0897 e. The molecule has 5 heteroatoms. The molecule has 1 rings (SSSR count). The largest absolute Gasteiger partial charge is 0.382 e. The summed E-state index contributed by atoms with van der Waals surface area (Å²) in [4.78, 5) is 4.40. The van der Waals surface area contributed by atoms with Crippen molar-refractivity contribution in [2.75, 3.05) is 33.5 Å². The quantitative estimate of drug-likeness (QED) is 0.652. The normalized spacial score (nSPS) is 10.9. The van der Waals surface area contributed by atoms with Crippen LogP contribution in [0.2, 0.25) is 0 Å². The van der Waals surface area contributed by atoms with Crippen LogP contribution in [-0.2, 0) is 16.0 Å². The maximum atomic E-state index is 5.38. The zero-order valence-electron chi connectivity index (χ0n) is 10.7. The topological polar surface area (TPSA) is 43.4 Å². The third kappa shape index (κ3) is 7.44. The monoisotopic (exact) mass is 258 g/mol. The van der Waals surface area contributed by atoms with Crippen LogP contribution in [0.1, 0.15) is 23.5 Å². The van der Waals surface area contributed by atoms with Gasteiger partial charge in [-0.15, -0.1) is 11.3 Å². The molecule has 0 radical (unpaired) electrons. The van der Waals surface area contributed by atoms with E-state index in [1.165, 1.54) is 0 Å². The van der Waals surface area contributed by atoms with Crippen molar-refractivity contribution in [1.82, 2.24) is 10.3 Å². The van der Waals surface area contributed by atoms with E-state index in [0.29, 0.717) is 13.2 Å². The SMILES string of the molecule is COCCOCCCCNCc1csc(C)n1. The van der Waals surface area contributed by atoms with Gasteiger partial charge in [0.25, 0.3) is 0 Å². The number of rotatable bonds is 10. The Labute approximate surface area is 107 Å². The standard InChI is InChI=1S/C12H22N2O2S/c1-11-14-12(10-17-11)9-13-5-3-4-6-16-8-7-15-2/h10,13H,3-9H2,1-2H3. The van der Waals surface area contributed by atoms with Crippen molar-refractivity contribution in [2.45, 2.75) is 26.3 Å². The number of hydrogen-bond acceptors (Lipinski definition) is 5. The number of aryl methyl sites for hydroxylation is 1. The van der Waals surface area contributed by atoms with Crippen LogP contribution in [0.5, 0.6) is 0 Å². The summed E-state index contributed by atoms with van der Waals surface area (Å²) in [5.74, 6) is 0. The van der Waals surface area contributed by atoms with Gasteiger partial charge in [-0.25, -0.2) is 4.98 Å². The van der Waals surface area contributed by atoms with Crippen molar-refractivity contribution in [1.29, 1.82) is 0 Å². The molecule has 1 heterocycles. The Morgan fingerprint density at radius 1 is 1.29 bits per heavy atom. The second kappa shape index (κ2) is 9.53. The van der Waals surface area contributed by atoms with E-state index in [2.05, 4.69) is 15.7 Å². The first kappa shape index (κ1) is 14.6. The van der Waals surface area contributed by atoms with Crippen molar-refractivity contribution in [3.8, 4) is 0 Å². The van der Waals surface area contributed by atoms with Crippen molar-refractivity contribution in [2.24, 2.45) is 0 Å². The molecule has 0 unspecified atom stereocenters. The highest BCUT2D eigenvalue weighted by Gasteiger charge is 1.97. The van der Waals surface area contributed by atoms with Crippen molar-refractivity contribution in [3.05, 3.63) is 16.1 Å². The highest BCUT2D eigenvalue weighted by atomic mass is 32.1. The highest BCUT2D eigenvalue weighted by molar-refractivity contribution is 7.09. The molecule has 0 atom stereocenters. The van der Waals surface area contributed by atoms with E-state index in [4.69, 9.17) is 9.47 Å². The molecule has 0 saturated heterocycles. The minimum atomic E-state index is 0.682. The molecule has 0 fully saturated rings. The molecule has 0 aliphatic carbocycles. The Bertz CT molecular complexity index is 292. The summed E-state index contributed by atoms with van der Waals surface area (Å²) < 4.78 is 10.3. The number of aromatic nitrogens is 1. The van der Waals surface area contributed by atoms with Gasteiger partial charge in [-0.05, 0) is 26.3 Å². The summed E-state index contributed by atoms with van der Waals surface area (Å²) >= 11 is 1.70. The minimum Gasteiger partial charge on any atom is -0.382 e. The third-order valence-corrected chi connectivity index (χ3v) is 3.12. The van der Waals surface area contributed by atoms with E-state index < -0.39 is 0 Å². The van der Waals surface area contributed by atoms with Gasteiger partial charge in [-0.2, -0.15) is 0 Å². The van der Waals surface area contributed by atoms with Crippen molar-refractivity contribution in [3.63, 3.8) is 0 Å². The van der Waals surface area contributed by atoms with Gasteiger partial charge in [0.2, 0.25) is 0 Å². The van der Waals surface area contributed by atoms with Crippen molar-refractivity contribution < 1.29 is 9.47 Å². The molecular weight excluding hydrogens is 236 g/mol. The van der Waals surface area contributed by atoms with Crippen LogP contribution in [0.4, 0.5) is 0 Å². The third-order valence-electron chi connectivity index (χ3n) is 2.30. The van der Waals surface area contributed by atoms with Crippen LogP contribution >= 0.6 is 11.3 Å². The van der Waals surface area contributed by atoms with Gasteiger partial charge in [-0.1, -0.05) is 0 Å². The maximum absolute atomic E-state index is 5.38. The summed E-state index contributed by atoms with van der Waals surface area (Å²) in [5, 5.41) is 6.62. The summed E-state index contributed by atoms with van der Waals surface area (Å²) in [7, 11) is 1.69. The molecule has 0 spiro atoms. The predicted molar refractivity (Wildman–Crippen MR) is 70.5 cm³/mol. The Kier molecular flexibility index (Phi) is 8.17. The van der Waals surface area contributed by atoms with Gasteiger partial charge in [0.15, 0.2) is 0 Å². The van der Waals surface area contributed by atoms with Gasteiger partial charge >= 0.3 is 0 Å². The zero-order valence-corrected chi connectivity index (χ0v) is 11.5. The van der Waals surface area contributed by atoms with Crippen LogP contribution in [0.3, 0.4) is 0 Å². The number of unbranched alkanes of at least 4 members (excludes halogenated alkanes) is 1. The average Bonchev–Trinajstić information content (AvgIpc) is 2.73. The molecule has 1 N–H and O–H groups in total. The molecule has 4 nitrogen and oxygen atoms in total. The van der Waals surface area contributed by atoms with Gasteiger partial charge < -0.3 is 14.8 Å². The fraction of sp³-hybridized carbons (Fsp3) is 0.750. The number of ether oxygens (including phenoxy) is 2. The van der Waals surface area contributed by atoms with E-state index in [1.807, 2.05) is 6.92 Å². The Hall–Kier alpha value is -0.490. The lowest BCUT2D eigenvalue weighted by atomic mass is 10.3. The van der Waals surface area contributed by atoms with Gasteiger partial charge in [0.05, 0.1) is 23.9 Å². The van der Waals surface area contributed by atoms with Gasteiger partial charge in [0.1, 0.15) is 0 Å². The van der Waals surface area contributed by atoms with E-state index in [1.54, 1.807) is 18.4 Å². The fourth-order valence-electron chi connectivity index (χ4n) is 1.40. The average molecular weight is 258 g/mol.